The third-order valence-corrected chi connectivity index (χ3v) is 5.09. The topological polar surface area (TPSA) is 54.0 Å². The van der Waals surface area contributed by atoms with Gasteiger partial charge in [-0.05, 0) is 42.0 Å². The van der Waals surface area contributed by atoms with Crippen LogP contribution in [0.25, 0.3) is 0 Å². The molecule has 1 atom stereocenters. The van der Waals surface area contributed by atoms with Crippen molar-refractivity contribution < 1.29 is 14.3 Å². The molecule has 1 aliphatic heterocycles. The predicted molar refractivity (Wildman–Crippen MR) is 111 cm³/mol. The highest BCUT2D eigenvalue weighted by Gasteiger charge is 2.23. The number of benzene rings is 2. The lowest BCUT2D eigenvalue weighted by Crippen LogP contribution is -2.43. The summed E-state index contributed by atoms with van der Waals surface area (Å²) < 4.78 is 10.8. The van der Waals surface area contributed by atoms with Crippen LogP contribution in [0, 0.1) is 0 Å². The van der Waals surface area contributed by atoms with Gasteiger partial charge in [0.25, 0.3) is 5.91 Å². The van der Waals surface area contributed by atoms with Crippen LogP contribution in [0.2, 0.25) is 0 Å². The first-order chi connectivity index (χ1) is 13.6. The average Bonchev–Trinajstić information content (AvgIpc) is 2.75. The van der Waals surface area contributed by atoms with Crippen LogP contribution in [0.3, 0.4) is 0 Å². The Bertz CT molecular complexity index is 754. The van der Waals surface area contributed by atoms with Gasteiger partial charge in [0.1, 0.15) is 5.75 Å². The molecule has 3 rings (SSSR count). The highest BCUT2D eigenvalue weighted by atomic mass is 16.5. The lowest BCUT2D eigenvalue weighted by Gasteiger charge is -2.35. The van der Waals surface area contributed by atoms with E-state index in [-0.39, 0.29) is 11.9 Å². The van der Waals surface area contributed by atoms with Gasteiger partial charge in [0.15, 0.2) is 0 Å². The smallest absolute Gasteiger partial charge is 0.251 e. The SMILES string of the molecule is COc1ccc([C@H](CNC(=O)c2ccc(N(C)C)cc2)N2CCOCC2)cc1. The van der Waals surface area contributed by atoms with Gasteiger partial charge in [0.2, 0.25) is 0 Å². The summed E-state index contributed by atoms with van der Waals surface area (Å²) in [4.78, 5) is 17.0. The van der Waals surface area contributed by atoms with Crippen molar-refractivity contribution in [1.29, 1.82) is 0 Å². The molecule has 1 N–H and O–H groups in total. The highest BCUT2D eigenvalue weighted by molar-refractivity contribution is 5.94. The molecule has 0 saturated carbocycles. The van der Waals surface area contributed by atoms with Crippen LogP contribution >= 0.6 is 0 Å². The normalized spacial score (nSPS) is 15.7. The van der Waals surface area contributed by atoms with Crippen molar-refractivity contribution in [2.24, 2.45) is 0 Å². The molecular formula is C22H29N3O3. The fourth-order valence-electron chi connectivity index (χ4n) is 3.38. The Morgan fingerprint density at radius 2 is 1.75 bits per heavy atom. The molecule has 0 radical (unpaired) electrons. The van der Waals surface area contributed by atoms with Crippen LogP contribution in [0.15, 0.2) is 48.5 Å². The molecule has 2 aromatic carbocycles. The van der Waals surface area contributed by atoms with E-state index in [0.717, 1.165) is 30.1 Å². The molecule has 0 bridgehead atoms. The van der Waals surface area contributed by atoms with Crippen molar-refractivity contribution in [2.45, 2.75) is 6.04 Å². The molecule has 1 heterocycles. The fourth-order valence-corrected chi connectivity index (χ4v) is 3.38. The van der Waals surface area contributed by atoms with E-state index in [0.29, 0.717) is 25.3 Å². The van der Waals surface area contributed by atoms with Crippen molar-refractivity contribution in [3.05, 3.63) is 59.7 Å². The maximum absolute atomic E-state index is 12.7. The maximum Gasteiger partial charge on any atom is 0.251 e. The molecule has 1 fully saturated rings. The van der Waals surface area contributed by atoms with E-state index in [1.807, 2.05) is 55.4 Å². The van der Waals surface area contributed by atoms with E-state index in [1.165, 1.54) is 0 Å². The standard InChI is InChI=1S/C22H29N3O3/c1-24(2)19-8-4-18(5-9-19)22(26)23-16-21(25-12-14-28-15-13-25)17-6-10-20(27-3)11-7-17/h4-11,21H,12-16H2,1-3H3,(H,23,26)/t21-/m0/s1. The van der Waals surface area contributed by atoms with Gasteiger partial charge >= 0.3 is 0 Å². The molecule has 0 spiro atoms. The Kier molecular flexibility index (Phi) is 6.90. The molecule has 6 nitrogen and oxygen atoms in total. The first-order valence-corrected chi connectivity index (χ1v) is 9.60. The van der Waals surface area contributed by atoms with E-state index >= 15 is 0 Å². The van der Waals surface area contributed by atoms with Crippen molar-refractivity contribution >= 4 is 11.6 Å². The second-order valence-electron chi connectivity index (χ2n) is 7.09. The Balaban J connectivity index is 1.70. The minimum atomic E-state index is -0.0583. The summed E-state index contributed by atoms with van der Waals surface area (Å²) in [6.07, 6.45) is 0. The molecule has 1 aliphatic rings. The summed E-state index contributed by atoms with van der Waals surface area (Å²) in [5, 5.41) is 3.11. The van der Waals surface area contributed by atoms with Gasteiger partial charge in [-0.25, -0.2) is 0 Å². The first-order valence-electron chi connectivity index (χ1n) is 9.60. The number of nitrogens with zero attached hydrogens (tertiary/aromatic N) is 2. The lowest BCUT2D eigenvalue weighted by atomic mass is 10.0. The molecule has 0 unspecified atom stereocenters. The Morgan fingerprint density at radius 1 is 1.11 bits per heavy atom. The number of carbonyl (C=O) groups is 1. The van der Waals surface area contributed by atoms with Crippen LogP contribution in [0.1, 0.15) is 22.0 Å². The van der Waals surface area contributed by atoms with E-state index < -0.39 is 0 Å². The van der Waals surface area contributed by atoms with E-state index in [2.05, 4.69) is 22.3 Å². The third-order valence-electron chi connectivity index (χ3n) is 5.09. The largest absolute Gasteiger partial charge is 0.497 e. The summed E-state index contributed by atoms with van der Waals surface area (Å²) in [6.45, 7) is 3.67. The van der Waals surface area contributed by atoms with Crippen LogP contribution in [0.4, 0.5) is 5.69 Å². The minimum absolute atomic E-state index is 0.0583. The van der Waals surface area contributed by atoms with Crippen molar-refractivity contribution in [3.63, 3.8) is 0 Å². The van der Waals surface area contributed by atoms with Gasteiger partial charge in [-0.3, -0.25) is 9.69 Å². The molecule has 1 amide bonds. The van der Waals surface area contributed by atoms with Crippen molar-refractivity contribution in [1.82, 2.24) is 10.2 Å². The number of ether oxygens (including phenoxy) is 2. The zero-order chi connectivity index (χ0) is 19.9. The third kappa shape index (κ3) is 5.03. The van der Waals surface area contributed by atoms with E-state index in [4.69, 9.17) is 9.47 Å². The molecule has 6 heteroatoms. The Hall–Kier alpha value is -2.57. The summed E-state index contributed by atoms with van der Waals surface area (Å²) in [7, 11) is 5.63. The summed E-state index contributed by atoms with van der Waals surface area (Å²) >= 11 is 0. The summed E-state index contributed by atoms with van der Waals surface area (Å²) in [5.74, 6) is 0.770. The molecular weight excluding hydrogens is 354 g/mol. The van der Waals surface area contributed by atoms with Gasteiger partial charge < -0.3 is 19.7 Å². The average molecular weight is 383 g/mol. The lowest BCUT2D eigenvalue weighted by molar-refractivity contribution is 0.0162. The van der Waals surface area contributed by atoms with Gasteiger partial charge in [-0.2, -0.15) is 0 Å². The quantitative estimate of drug-likeness (QED) is 0.796. The van der Waals surface area contributed by atoms with Crippen LogP contribution < -0.4 is 15.0 Å². The number of rotatable bonds is 7. The number of amides is 1. The summed E-state index contributed by atoms with van der Waals surface area (Å²) in [6, 6.07) is 15.8. The van der Waals surface area contributed by atoms with E-state index in [9.17, 15) is 4.79 Å². The number of hydrogen-bond acceptors (Lipinski definition) is 5. The second-order valence-corrected chi connectivity index (χ2v) is 7.09. The van der Waals surface area contributed by atoms with Crippen LogP contribution in [-0.2, 0) is 4.74 Å². The number of morpholine rings is 1. The molecule has 0 aliphatic carbocycles. The maximum atomic E-state index is 12.7. The van der Waals surface area contributed by atoms with Gasteiger partial charge in [-0.1, -0.05) is 12.1 Å². The second kappa shape index (κ2) is 9.57. The highest BCUT2D eigenvalue weighted by Crippen LogP contribution is 2.24. The Morgan fingerprint density at radius 3 is 2.32 bits per heavy atom. The monoisotopic (exact) mass is 383 g/mol. The predicted octanol–water partition coefficient (Wildman–Crippen LogP) is 2.56. The number of carbonyl (C=O) groups excluding carboxylic acids is 1. The molecule has 1 saturated heterocycles. The Labute approximate surface area is 167 Å². The number of hydrogen-bond donors (Lipinski definition) is 1. The molecule has 28 heavy (non-hydrogen) atoms. The van der Waals surface area contributed by atoms with Crippen LogP contribution in [-0.4, -0.2) is 64.9 Å². The van der Waals surface area contributed by atoms with E-state index in [1.54, 1.807) is 7.11 Å². The van der Waals surface area contributed by atoms with Crippen molar-refractivity contribution in [2.75, 3.05) is 59.0 Å². The minimum Gasteiger partial charge on any atom is -0.497 e. The zero-order valence-corrected chi connectivity index (χ0v) is 16.9. The zero-order valence-electron chi connectivity index (χ0n) is 16.9. The van der Waals surface area contributed by atoms with Crippen LogP contribution in [0.5, 0.6) is 5.75 Å². The van der Waals surface area contributed by atoms with Gasteiger partial charge in [0, 0.05) is 45.0 Å². The number of nitrogens with one attached hydrogen (secondary N) is 1. The molecule has 0 aromatic heterocycles. The number of anilines is 1. The molecule has 2 aromatic rings. The number of methoxy groups -OCH3 is 1. The fraction of sp³-hybridized carbons (Fsp3) is 0.409. The van der Waals surface area contributed by atoms with Gasteiger partial charge in [-0.15, -0.1) is 0 Å². The summed E-state index contributed by atoms with van der Waals surface area (Å²) in [5.41, 5.74) is 2.90. The first kappa shape index (κ1) is 20.2. The van der Waals surface area contributed by atoms with Crippen molar-refractivity contribution in [3.8, 4) is 5.75 Å². The molecule has 150 valence electrons. The van der Waals surface area contributed by atoms with Gasteiger partial charge in [0.05, 0.1) is 26.4 Å².